The summed E-state index contributed by atoms with van der Waals surface area (Å²) in [6.07, 6.45) is 10.7. The van der Waals surface area contributed by atoms with Crippen LogP contribution in [-0.2, 0) is 4.74 Å². The molecule has 1 aromatic rings. The molecular formula is C16H19NO. The third kappa shape index (κ3) is 2.49. The first kappa shape index (κ1) is 11.5. The molecule has 2 N–H and O–H groups in total. The largest absolute Gasteiger partial charge is 0.491 e. The maximum Gasteiger partial charge on any atom is 0.121 e. The Morgan fingerprint density at radius 3 is 2.67 bits per heavy atom. The number of nitrogens with two attached hydrogens (primary N) is 1. The molecule has 2 heteroatoms. The van der Waals surface area contributed by atoms with Crippen LogP contribution in [0.1, 0.15) is 25.7 Å². The Hall–Kier alpha value is -1.54. The molecule has 2 aliphatic carbocycles. The van der Waals surface area contributed by atoms with E-state index in [0.29, 0.717) is 6.04 Å². The lowest BCUT2D eigenvalue weighted by atomic mass is 10.0. The van der Waals surface area contributed by atoms with Crippen LogP contribution in [0.4, 0.5) is 0 Å². The monoisotopic (exact) mass is 241 g/mol. The number of fused-ring (bicyclic) bond motifs is 1. The van der Waals surface area contributed by atoms with Crippen molar-refractivity contribution in [2.45, 2.75) is 37.8 Å². The Kier molecular flexibility index (Phi) is 3.20. The standard InChI is InChI=1S/C16H19NO/c17-14-6-9-15(10-7-14)18-16-8-5-12-3-1-2-4-13(12)11-16/h1-5,9,11,14,16H,6-8,10,17H2. The molecule has 1 aromatic carbocycles. The summed E-state index contributed by atoms with van der Waals surface area (Å²) in [5.74, 6) is 1.12. The van der Waals surface area contributed by atoms with Gasteiger partial charge in [0.15, 0.2) is 0 Å². The number of ether oxygens (including phenoxy) is 1. The maximum atomic E-state index is 6.06. The van der Waals surface area contributed by atoms with Crippen molar-refractivity contribution in [3.8, 4) is 0 Å². The topological polar surface area (TPSA) is 35.2 Å². The summed E-state index contributed by atoms with van der Waals surface area (Å²) >= 11 is 0. The van der Waals surface area contributed by atoms with Gasteiger partial charge in [-0.15, -0.1) is 0 Å². The van der Waals surface area contributed by atoms with Gasteiger partial charge in [0.25, 0.3) is 0 Å². The molecule has 0 aromatic heterocycles. The van der Waals surface area contributed by atoms with Gasteiger partial charge >= 0.3 is 0 Å². The molecule has 0 amide bonds. The Labute approximate surface area is 107 Å². The van der Waals surface area contributed by atoms with Crippen molar-refractivity contribution in [1.29, 1.82) is 0 Å². The van der Waals surface area contributed by atoms with E-state index in [0.717, 1.165) is 31.4 Å². The summed E-state index contributed by atoms with van der Waals surface area (Å²) in [6.45, 7) is 0. The molecule has 2 aliphatic rings. The summed E-state index contributed by atoms with van der Waals surface area (Å²) < 4.78 is 6.06. The van der Waals surface area contributed by atoms with Gasteiger partial charge in [-0.05, 0) is 35.4 Å². The molecule has 0 saturated heterocycles. The molecule has 0 aliphatic heterocycles. The highest BCUT2D eigenvalue weighted by molar-refractivity contribution is 5.42. The average molecular weight is 241 g/mol. The molecule has 2 atom stereocenters. The van der Waals surface area contributed by atoms with E-state index in [2.05, 4.69) is 42.5 Å². The smallest absolute Gasteiger partial charge is 0.121 e. The number of benzene rings is 1. The molecule has 2 nitrogen and oxygen atoms in total. The Bertz CT molecular complexity index is 573. The molecule has 3 rings (SSSR count). The van der Waals surface area contributed by atoms with Gasteiger partial charge in [-0.3, -0.25) is 0 Å². The van der Waals surface area contributed by atoms with Crippen LogP contribution in [0.25, 0.3) is 12.2 Å². The first-order valence-corrected chi connectivity index (χ1v) is 6.69. The quantitative estimate of drug-likeness (QED) is 0.850. The molecule has 0 spiro atoms. The van der Waals surface area contributed by atoms with Crippen LogP contribution in [0.5, 0.6) is 0 Å². The predicted octanol–water partition coefficient (Wildman–Crippen LogP) is 1.43. The fourth-order valence-corrected chi connectivity index (χ4v) is 2.57. The van der Waals surface area contributed by atoms with E-state index < -0.39 is 0 Å². The Morgan fingerprint density at radius 2 is 1.89 bits per heavy atom. The fourth-order valence-electron chi connectivity index (χ4n) is 2.57. The van der Waals surface area contributed by atoms with Gasteiger partial charge in [-0.1, -0.05) is 30.3 Å². The summed E-state index contributed by atoms with van der Waals surface area (Å²) in [6, 6.07) is 8.77. The number of allylic oxidation sites excluding steroid dienone is 1. The van der Waals surface area contributed by atoms with Crippen LogP contribution < -0.4 is 16.2 Å². The number of hydrogen-bond donors (Lipinski definition) is 1. The second-order valence-corrected chi connectivity index (χ2v) is 5.10. The molecule has 0 fully saturated rings. The highest BCUT2D eigenvalue weighted by Gasteiger charge is 2.15. The minimum atomic E-state index is 0.181. The van der Waals surface area contributed by atoms with E-state index in [1.807, 2.05) is 0 Å². The van der Waals surface area contributed by atoms with E-state index in [1.54, 1.807) is 0 Å². The Morgan fingerprint density at radius 1 is 1.06 bits per heavy atom. The van der Waals surface area contributed by atoms with Crippen molar-refractivity contribution in [1.82, 2.24) is 0 Å². The number of hydrogen-bond acceptors (Lipinski definition) is 2. The van der Waals surface area contributed by atoms with Crippen LogP contribution in [0, 0.1) is 0 Å². The Balaban J connectivity index is 1.75. The van der Waals surface area contributed by atoms with Gasteiger partial charge in [0.1, 0.15) is 6.10 Å². The van der Waals surface area contributed by atoms with Gasteiger partial charge in [0.05, 0.1) is 5.76 Å². The zero-order valence-corrected chi connectivity index (χ0v) is 10.5. The van der Waals surface area contributed by atoms with E-state index in [4.69, 9.17) is 10.5 Å². The first-order chi connectivity index (χ1) is 8.81. The van der Waals surface area contributed by atoms with Crippen molar-refractivity contribution in [2.75, 3.05) is 0 Å². The summed E-state index contributed by atoms with van der Waals surface area (Å²) in [7, 11) is 0. The fraction of sp³-hybridized carbons (Fsp3) is 0.375. The zero-order valence-electron chi connectivity index (χ0n) is 10.5. The second kappa shape index (κ2) is 4.99. The summed E-state index contributed by atoms with van der Waals surface area (Å²) in [5, 5.41) is 2.60. The van der Waals surface area contributed by atoms with E-state index in [-0.39, 0.29) is 6.10 Å². The predicted molar refractivity (Wildman–Crippen MR) is 74.0 cm³/mol. The van der Waals surface area contributed by atoms with Crippen LogP contribution in [0.3, 0.4) is 0 Å². The molecule has 0 radical (unpaired) electrons. The van der Waals surface area contributed by atoms with Crippen LogP contribution in [-0.4, -0.2) is 12.1 Å². The lowest BCUT2D eigenvalue weighted by Gasteiger charge is -2.23. The molecule has 0 saturated carbocycles. The summed E-state index contributed by atoms with van der Waals surface area (Å²) in [5.41, 5.74) is 5.88. The maximum absolute atomic E-state index is 6.06. The van der Waals surface area contributed by atoms with Crippen LogP contribution in [0.2, 0.25) is 0 Å². The van der Waals surface area contributed by atoms with Crippen molar-refractivity contribution in [2.24, 2.45) is 5.73 Å². The molecule has 94 valence electrons. The van der Waals surface area contributed by atoms with Crippen molar-refractivity contribution in [3.05, 3.63) is 46.5 Å². The lowest BCUT2D eigenvalue weighted by Crippen LogP contribution is -2.31. The van der Waals surface area contributed by atoms with Crippen molar-refractivity contribution >= 4 is 12.2 Å². The zero-order chi connectivity index (χ0) is 12.4. The SMILES string of the molecule is NC1CC=C(OC2C=c3ccccc3=CC2)CC1. The molecule has 18 heavy (non-hydrogen) atoms. The van der Waals surface area contributed by atoms with Gasteiger partial charge in [0.2, 0.25) is 0 Å². The lowest BCUT2D eigenvalue weighted by molar-refractivity contribution is 0.155. The highest BCUT2D eigenvalue weighted by Crippen LogP contribution is 2.21. The van der Waals surface area contributed by atoms with Gasteiger partial charge < -0.3 is 10.5 Å². The second-order valence-electron chi connectivity index (χ2n) is 5.10. The summed E-state index contributed by atoms with van der Waals surface area (Å²) in [4.78, 5) is 0. The molecule has 0 bridgehead atoms. The minimum absolute atomic E-state index is 0.181. The van der Waals surface area contributed by atoms with E-state index in [9.17, 15) is 0 Å². The first-order valence-electron chi connectivity index (χ1n) is 6.69. The van der Waals surface area contributed by atoms with E-state index >= 15 is 0 Å². The van der Waals surface area contributed by atoms with E-state index in [1.165, 1.54) is 10.4 Å². The van der Waals surface area contributed by atoms with Crippen LogP contribution >= 0.6 is 0 Å². The van der Waals surface area contributed by atoms with Crippen molar-refractivity contribution in [3.63, 3.8) is 0 Å². The van der Waals surface area contributed by atoms with Crippen molar-refractivity contribution < 1.29 is 4.74 Å². The molecule has 2 unspecified atom stereocenters. The van der Waals surface area contributed by atoms with Gasteiger partial charge in [0, 0.05) is 18.9 Å². The van der Waals surface area contributed by atoms with Gasteiger partial charge in [-0.25, -0.2) is 0 Å². The van der Waals surface area contributed by atoms with Gasteiger partial charge in [-0.2, -0.15) is 0 Å². The normalized spacial score (nSPS) is 26.4. The third-order valence-corrected chi connectivity index (χ3v) is 3.64. The molecule has 0 heterocycles. The molecular weight excluding hydrogens is 222 g/mol. The third-order valence-electron chi connectivity index (χ3n) is 3.64. The minimum Gasteiger partial charge on any atom is -0.491 e. The highest BCUT2D eigenvalue weighted by atomic mass is 16.5. The average Bonchev–Trinajstić information content (AvgIpc) is 2.41. The number of rotatable bonds is 2. The van der Waals surface area contributed by atoms with Crippen LogP contribution in [0.15, 0.2) is 36.1 Å².